The number of ketones is 1. The Morgan fingerprint density at radius 2 is 2.03 bits per heavy atom. The molecule has 2 aromatic rings. The van der Waals surface area contributed by atoms with E-state index in [1.54, 1.807) is 6.20 Å². The van der Waals surface area contributed by atoms with E-state index in [2.05, 4.69) is 14.9 Å². The summed E-state index contributed by atoms with van der Waals surface area (Å²) >= 11 is 0. The second kappa shape index (κ2) is 12.1. The van der Waals surface area contributed by atoms with Crippen LogP contribution in [0.15, 0.2) is 30.5 Å². The van der Waals surface area contributed by atoms with Crippen LogP contribution < -0.4 is 4.74 Å². The molecule has 2 aliphatic rings. The molecule has 0 unspecified atom stereocenters. The predicted molar refractivity (Wildman–Crippen MR) is 129 cm³/mol. The van der Waals surface area contributed by atoms with Crippen molar-refractivity contribution in [2.45, 2.75) is 64.1 Å². The van der Waals surface area contributed by atoms with Crippen molar-refractivity contribution in [1.82, 2.24) is 14.9 Å². The van der Waals surface area contributed by atoms with Gasteiger partial charge in [-0.2, -0.15) is 13.2 Å². The lowest BCUT2D eigenvalue weighted by Gasteiger charge is -2.30. The van der Waals surface area contributed by atoms with E-state index in [1.807, 2.05) is 25.1 Å². The molecule has 1 saturated heterocycles. The highest BCUT2D eigenvalue weighted by molar-refractivity contribution is 5.81. The second-order valence-corrected chi connectivity index (χ2v) is 9.91. The van der Waals surface area contributed by atoms with Crippen molar-refractivity contribution in [2.24, 2.45) is 5.92 Å². The van der Waals surface area contributed by atoms with E-state index >= 15 is 0 Å². The van der Waals surface area contributed by atoms with Gasteiger partial charge in [-0.15, -0.1) is 0 Å². The first kappa shape index (κ1) is 26.5. The van der Waals surface area contributed by atoms with Crippen LogP contribution in [-0.2, 0) is 28.8 Å². The number of fused-ring (bicyclic) bond motifs is 1. The summed E-state index contributed by atoms with van der Waals surface area (Å²) in [5.41, 5.74) is 3.83. The van der Waals surface area contributed by atoms with E-state index in [-0.39, 0.29) is 23.7 Å². The summed E-state index contributed by atoms with van der Waals surface area (Å²) in [4.78, 5) is 23.4. The molecule has 2 atom stereocenters. The first-order valence-electron chi connectivity index (χ1n) is 12.7. The third-order valence-corrected chi connectivity index (χ3v) is 6.90. The number of hydrogen-bond acceptors (Lipinski definition) is 6. The number of Topliss-reactive ketones (excluding diaryl/α,β-unsaturated/α-hetero) is 1. The van der Waals surface area contributed by atoms with Gasteiger partial charge in [0.05, 0.1) is 12.7 Å². The molecule has 2 aromatic heterocycles. The summed E-state index contributed by atoms with van der Waals surface area (Å²) in [6, 6.07) is 7.22. The largest absolute Gasteiger partial charge is 0.468 e. The van der Waals surface area contributed by atoms with E-state index in [1.165, 1.54) is 6.07 Å². The summed E-state index contributed by atoms with van der Waals surface area (Å²) in [5, 5.41) is 0. The smallest absolute Gasteiger partial charge is 0.422 e. The maximum absolute atomic E-state index is 12.5. The highest BCUT2D eigenvalue weighted by atomic mass is 19.4. The summed E-state index contributed by atoms with van der Waals surface area (Å²) in [6.45, 7) is 3.82. The van der Waals surface area contributed by atoms with E-state index < -0.39 is 12.8 Å². The molecular formula is C27H34F3N3O3. The average molecular weight is 506 g/mol. The summed E-state index contributed by atoms with van der Waals surface area (Å²) in [6.07, 6.45) is 2.97. The molecule has 0 amide bonds. The zero-order valence-corrected chi connectivity index (χ0v) is 20.7. The number of halogens is 3. The fourth-order valence-corrected chi connectivity index (χ4v) is 4.98. The lowest BCUT2D eigenvalue weighted by atomic mass is 9.91. The Kier molecular flexibility index (Phi) is 8.95. The molecule has 0 aromatic carbocycles. The Balaban J connectivity index is 1.16. The number of nitrogens with zero attached hydrogens (tertiary/aromatic N) is 3. The highest BCUT2D eigenvalue weighted by Gasteiger charge is 2.29. The lowest BCUT2D eigenvalue weighted by molar-refractivity contribution is -0.154. The predicted octanol–water partition coefficient (Wildman–Crippen LogP) is 4.51. The first-order valence-corrected chi connectivity index (χ1v) is 12.7. The van der Waals surface area contributed by atoms with Crippen molar-refractivity contribution in [1.29, 1.82) is 0 Å². The van der Waals surface area contributed by atoms with Gasteiger partial charge >= 0.3 is 6.18 Å². The van der Waals surface area contributed by atoms with Crippen molar-refractivity contribution in [3.8, 4) is 5.88 Å². The van der Waals surface area contributed by atoms with E-state index in [4.69, 9.17) is 9.47 Å². The molecule has 196 valence electrons. The van der Waals surface area contributed by atoms with Crippen LogP contribution >= 0.6 is 0 Å². The molecule has 6 nitrogen and oxygen atoms in total. The molecule has 4 heterocycles. The van der Waals surface area contributed by atoms with Gasteiger partial charge in [-0.25, -0.2) is 4.98 Å². The SMILES string of the molecule is Cc1cc(CC(=O)C[C@H]2CC[C@H](CCN3CCc4ccc(OCC(F)(F)F)nc4CC3)OC2)ccn1. The van der Waals surface area contributed by atoms with Crippen LogP contribution in [0.25, 0.3) is 0 Å². The Bertz CT molecular complexity index is 1020. The van der Waals surface area contributed by atoms with Crippen LogP contribution in [0.3, 0.4) is 0 Å². The zero-order valence-electron chi connectivity index (χ0n) is 20.7. The van der Waals surface area contributed by atoms with Gasteiger partial charge in [0.25, 0.3) is 0 Å². The Labute approximate surface area is 210 Å². The number of alkyl halides is 3. The first-order chi connectivity index (χ1) is 17.2. The number of carbonyl (C=O) groups is 1. The molecule has 0 N–H and O–H groups in total. The van der Waals surface area contributed by atoms with Gasteiger partial charge in [0, 0.05) is 62.5 Å². The van der Waals surface area contributed by atoms with Gasteiger partial charge < -0.3 is 14.4 Å². The van der Waals surface area contributed by atoms with Crippen molar-refractivity contribution in [3.05, 3.63) is 53.0 Å². The number of rotatable bonds is 9. The van der Waals surface area contributed by atoms with Crippen LogP contribution in [0.4, 0.5) is 13.2 Å². The molecule has 0 radical (unpaired) electrons. The third kappa shape index (κ3) is 8.27. The number of aromatic nitrogens is 2. The van der Waals surface area contributed by atoms with Gasteiger partial charge in [0.2, 0.25) is 5.88 Å². The minimum absolute atomic E-state index is 0.0269. The van der Waals surface area contributed by atoms with Crippen LogP contribution in [0, 0.1) is 12.8 Å². The van der Waals surface area contributed by atoms with Crippen molar-refractivity contribution in [2.75, 3.05) is 32.8 Å². The molecule has 0 bridgehead atoms. The lowest BCUT2D eigenvalue weighted by Crippen LogP contribution is -2.33. The Morgan fingerprint density at radius 1 is 1.19 bits per heavy atom. The minimum atomic E-state index is -4.37. The number of carbonyl (C=O) groups excluding carboxylic acids is 1. The summed E-state index contributed by atoms with van der Waals surface area (Å²) < 4.78 is 48.2. The number of pyridine rings is 2. The fourth-order valence-electron chi connectivity index (χ4n) is 4.98. The molecule has 9 heteroatoms. The normalized spacial score (nSPS) is 21.0. The van der Waals surface area contributed by atoms with Crippen molar-refractivity contribution in [3.63, 3.8) is 0 Å². The zero-order chi connectivity index (χ0) is 25.5. The van der Waals surface area contributed by atoms with E-state index in [0.717, 1.165) is 67.8 Å². The van der Waals surface area contributed by atoms with E-state index in [9.17, 15) is 18.0 Å². The maximum atomic E-state index is 12.5. The molecule has 0 spiro atoms. The van der Waals surface area contributed by atoms with Gasteiger partial charge in [-0.1, -0.05) is 6.07 Å². The Morgan fingerprint density at radius 3 is 2.78 bits per heavy atom. The molecule has 36 heavy (non-hydrogen) atoms. The number of hydrogen-bond donors (Lipinski definition) is 0. The highest BCUT2D eigenvalue weighted by Crippen LogP contribution is 2.25. The van der Waals surface area contributed by atoms with Gasteiger partial charge in [-0.05, 0) is 61.8 Å². The average Bonchev–Trinajstić information content (AvgIpc) is 3.04. The van der Waals surface area contributed by atoms with Crippen LogP contribution in [0.1, 0.15) is 48.2 Å². The molecule has 4 rings (SSSR count). The minimum Gasteiger partial charge on any atom is -0.468 e. The topological polar surface area (TPSA) is 64.6 Å². The van der Waals surface area contributed by atoms with Gasteiger partial charge in [0.1, 0.15) is 5.78 Å². The second-order valence-electron chi connectivity index (χ2n) is 9.91. The summed E-state index contributed by atoms with van der Waals surface area (Å²) in [7, 11) is 0. The number of aryl methyl sites for hydroxylation is 1. The monoisotopic (exact) mass is 505 g/mol. The fraction of sp³-hybridized carbons (Fsp3) is 0.593. The molecule has 0 saturated carbocycles. The quantitative estimate of drug-likeness (QED) is 0.500. The van der Waals surface area contributed by atoms with E-state index in [0.29, 0.717) is 25.9 Å². The molecular weight excluding hydrogens is 471 g/mol. The van der Waals surface area contributed by atoms with Gasteiger partial charge in [0.15, 0.2) is 6.61 Å². The molecule has 0 aliphatic carbocycles. The Hall–Kier alpha value is -2.52. The van der Waals surface area contributed by atoms with Gasteiger partial charge in [-0.3, -0.25) is 9.78 Å². The summed E-state index contributed by atoms with van der Waals surface area (Å²) in [5.74, 6) is 0.556. The van der Waals surface area contributed by atoms with Crippen molar-refractivity contribution >= 4 is 5.78 Å². The van der Waals surface area contributed by atoms with Crippen LogP contribution in [0.2, 0.25) is 0 Å². The third-order valence-electron chi connectivity index (χ3n) is 6.90. The number of ether oxygens (including phenoxy) is 2. The maximum Gasteiger partial charge on any atom is 0.422 e. The van der Waals surface area contributed by atoms with Crippen LogP contribution in [0.5, 0.6) is 5.88 Å². The molecule has 1 fully saturated rings. The molecule has 2 aliphatic heterocycles. The standard InChI is InChI=1S/C27H34F3N3O3/c1-19-14-20(6-10-31-19)15-23(34)16-21-2-4-24(35-17-21)8-12-33-11-7-22-3-5-26(32-25(22)9-13-33)36-18-27(28,29)30/h3,5-6,10,14,21,24H,2,4,7-9,11-13,15-18H2,1H3/t21-,24-/m1/s1. The van der Waals surface area contributed by atoms with Crippen molar-refractivity contribution < 1.29 is 27.4 Å². The van der Waals surface area contributed by atoms with Crippen LogP contribution in [-0.4, -0.2) is 65.8 Å².